The molecular weight excluding hydrogens is 242 g/mol. The maximum atomic E-state index is 11.4. The quantitative estimate of drug-likeness (QED) is 0.854. The number of nitrogens with one attached hydrogen (secondary N) is 1. The molecular formula is C12H10ClNO3. The summed E-state index contributed by atoms with van der Waals surface area (Å²) in [4.78, 5) is 15.9. The minimum absolute atomic E-state index is 0.191. The maximum Gasteiger partial charge on any atom is 0.310 e. The molecule has 17 heavy (non-hydrogen) atoms. The van der Waals surface area contributed by atoms with Crippen LogP contribution < -0.4 is 5.48 Å². The summed E-state index contributed by atoms with van der Waals surface area (Å²) in [7, 11) is 1.36. The minimum Gasteiger partial charge on any atom is -0.451 e. The van der Waals surface area contributed by atoms with E-state index in [0.29, 0.717) is 10.8 Å². The molecule has 0 fully saturated rings. The van der Waals surface area contributed by atoms with Crippen molar-refractivity contribution in [3.63, 3.8) is 0 Å². The summed E-state index contributed by atoms with van der Waals surface area (Å²) >= 11 is 5.78. The van der Waals surface area contributed by atoms with Gasteiger partial charge in [-0.3, -0.25) is 9.63 Å². The Hall–Kier alpha value is -1.78. The van der Waals surface area contributed by atoms with E-state index in [4.69, 9.17) is 16.0 Å². The summed E-state index contributed by atoms with van der Waals surface area (Å²) in [6.45, 7) is 0. The van der Waals surface area contributed by atoms with Gasteiger partial charge in [0.15, 0.2) is 5.76 Å². The molecule has 88 valence electrons. The largest absolute Gasteiger partial charge is 0.451 e. The zero-order chi connectivity index (χ0) is 12.3. The van der Waals surface area contributed by atoms with Crippen LogP contribution in [0.5, 0.6) is 0 Å². The third-order valence-corrected chi connectivity index (χ3v) is 2.41. The Balaban J connectivity index is 2.23. The number of hydroxylamine groups is 1. The molecule has 1 heterocycles. The number of furan rings is 1. The van der Waals surface area contributed by atoms with Crippen molar-refractivity contribution in [3.8, 4) is 11.3 Å². The van der Waals surface area contributed by atoms with Crippen molar-refractivity contribution in [3.05, 3.63) is 47.2 Å². The topological polar surface area (TPSA) is 51.5 Å². The van der Waals surface area contributed by atoms with E-state index < -0.39 is 5.91 Å². The summed E-state index contributed by atoms with van der Waals surface area (Å²) in [5, 5.41) is 0.651. The Morgan fingerprint density at radius 2 is 1.94 bits per heavy atom. The van der Waals surface area contributed by atoms with Gasteiger partial charge in [0.1, 0.15) is 5.76 Å². The predicted octanol–water partition coefficient (Wildman–Crippen LogP) is 2.89. The molecule has 0 radical (unpaired) electrons. The first-order valence-corrected chi connectivity index (χ1v) is 5.27. The third-order valence-electron chi connectivity index (χ3n) is 2.15. The highest BCUT2D eigenvalue weighted by Gasteiger charge is 2.11. The molecule has 5 heteroatoms. The molecule has 0 bridgehead atoms. The molecule has 1 aromatic carbocycles. The van der Waals surface area contributed by atoms with Gasteiger partial charge in [-0.2, -0.15) is 0 Å². The van der Waals surface area contributed by atoms with Crippen LogP contribution in [0.25, 0.3) is 11.3 Å². The molecule has 2 rings (SSSR count). The van der Waals surface area contributed by atoms with Gasteiger partial charge in [0.25, 0.3) is 0 Å². The van der Waals surface area contributed by atoms with E-state index in [1.54, 1.807) is 24.3 Å². The Bertz CT molecular complexity index is 519. The number of halogens is 1. The molecule has 0 atom stereocenters. The van der Waals surface area contributed by atoms with Gasteiger partial charge < -0.3 is 4.42 Å². The zero-order valence-corrected chi connectivity index (χ0v) is 9.82. The fraction of sp³-hybridized carbons (Fsp3) is 0.0833. The van der Waals surface area contributed by atoms with Crippen LogP contribution in [-0.4, -0.2) is 13.0 Å². The van der Waals surface area contributed by atoms with Crippen molar-refractivity contribution in [1.82, 2.24) is 5.48 Å². The molecule has 0 spiro atoms. The second-order valence-corrected chi connectivity index (χ2v) is 3.74. The van der Waals surface area contributed by atoms with E-state index in [0.717, 1.165) is 5.56 Å². The SMILES string of the molecule is CONC(=O)c1ccc(-c2ccc(Cl)cc2)o1. The molecule has 0 unspecified atom stereocenters. The van der Waals surface area contributed by atoms with E-state index >= 15 is 0 Å². The number of hydrogen-bond donors (Lipinski definition) is 1. The van der Waals surface area contributed by atoms with E-state index in [2.05, 4.69) is 10.3 Å². The van der Waals surface area contributed by atoms with Crippen molar-refractivity contribution in [2.75, 3.05) is 7.11 Å². The first-order valence-electron chi connectivity index (χ1n) is 4.90. The van der Waals surface area contributed by atoms with Crippen LogP contribution in [0.15, 0.2) is 40.8 Å². The predicted molar refractivity (Wildman–Crippen MR) is 63.6 cm³/mol. The van der Waals surface area contributed by atoms with Gasteiger partial charge in [0.2, 0.25) is 0 Å². The summed E-state index contributed by atoms with van der Waals surface area (Å²) in [6, 6.07) is 10.5. The lowest BCUT2D eigenvalue weighted by atomic mass is 10.2. The standard InChI is InChI=1S/C12H10ClNO3/c1-16-14-12(15)11-7-6-10(17-11)8-2-4-9(13)5-3-8/h2-7H,1H3,(H,14,15). The fourth-order valence-electron chi connectivity index (χ4n) is 1.37. The van der Waals surface area contributed by atoms with E-state index in [-0.39, 0.29) is 5.76 Å². The fourth-order valence-corrected chi connectivity index (χ4v) is 1.50. The van der Waals surface area contributed by atoms with Crippen LogP contribution in [0, 0.1) is 0 Å². The lowest BCUT2D eigenvalue weighted by Gasteiger charge is -1.98. The summed E-state index contributed by atoms with van der Waals surface area (Å²) in [5.74, 6) is 0.368. The number of hydrogen-bond acceptors (Lipinski definition) is 3. The summed E-state index contributed by atoms with van der Waals surface area (Å²) in [5.41, 5.74) is 3.03. The van der Waals surface area contributed by atoms with Gasteiger partial charge in [0, 0.05) is 10.6 Å². The molecule has 0 saturated carbocycles. The second kappa shape index (κ2) is 5.03. The van der Waals surface area contributed by atoms with Crippen LogP contribution in [-0.2, 0) is 4.84 Å². The van der Waals surface area contributed by atoms with Crippen LogP contribution in [0.1, 0.15) is 10.6 Å². The smallest absolute Gasteiger partial charge is 0.310 e. The van der Waals surface area contributed by atoms with Crippen molar-refractivity contribution in [1.29, 1.82) is 0 Å². The zero-order valence-electron chi connectivity index (χ0n) is 9.07. The second-order valence-electron chi connectivity index (χ2n) is 3.31. The average Bonchev–Trinajstić information content (AvgIpc) is 2.80. The Kier molecular flexibility index (Phi) is 3.46. The molecule has 0 aliphatic rings. The molecule has 1 N–H and O–H groups in total. The number of rotatable bonds is 3. The van der Waals surface area contributed by atoms with Crippen LogP contribution >= 0.6 is 11.6 Å². The van der Waals surface area contributed by atoms with Crippen molar-refractivity contribution in [2.45, 2.75) is 0 Å². The monoisotopic (exact) mass is 251 g/mol. The highest BCUT2D eigenvalue weighted by molar-refractivity contribution is 6.30. The van der Waals surface area contributed by atoms with Crippen LogP contribution in [0.3, 0.4) is 0 Å². The average molecular weight is 252 g/mol. The van der Waals surface area contributed by atoms with Crippen LogP contribution in [0.4, 0.5) is 0 Å². The molecule has 0 aliphatic heterocycles. The van der Waals surface area contributed by atoms with Crippen molar-refractivity contribution >= 4 is 17.5 Å². The van der Waals surface area contributed by atoms with Gasteiger partial charge >= 0.3 is 5.91 Å². The van der Waals surface area contributed by atoms with Crippen LogP contribution in [0.2, 0.25) is 5.02 Å². The van der Waals surface area contributed by atoms with E-state index in [1.807, 2.05) is 12.1 Å². The van der Waals surface area contributed by atoms with Gasteiger partial charge in [-0.1, -0.05) is 11.6 Å². The summed E-state index contributed by atoms with van der Waals surface area (Å²) in [6.07, 6.45) is 0. The number of amides is 1. The van der Waals surface area contributed by atoms with Gasteiger partial charge in [0.05, 0.1) is 7.11 Å². The Morgan fingerprint density at radius 3 is 2.59 bits per heavy atom. The number of carbonyl (C=O) groups is 1. The molecule has 2 aromatic rings. The van der Waals surface area contributed by atoms with Gasteiger partial charge in [-0.25, -0.2) is 5.48 Å². The Morgan fingerprint density at radius 1 is 1.24 bits per heavy atom. The van der Waals surface area contributed by atoms with Crippen molar-refractivity contribution in [2.24, 2.45) is 0 Å². The maximum absolute atomic E-state index is 11.4. The lowest BCUT2D eigenvalue weighted by Crippen LogP contribution is -2.20. The summed E-state index contributed by atoms with van der Waals surface area (Å²) < 4.78 is 5.39. The highest BCUT2D eigenvalue weighted by atomic mass is 35.5. The number of benzene rings is 1. The van der Waals surface area contributed by atoms with Gasteiger partial charge in [-0.15, -0.1) is 0 Å². The van der Waals surface area contributed by atoms with Gasteiger partial charge in [-0.05, 0) is 36.4 Å². The molecule has 4 nitrogen and oxygen atoms in total. The van der Waals surface area contributed by atoms with E-state index in [9.17, 15) is 4.79 Å². The first-order chi connectivity index (χ1) is 8.20. The molecule has 1 aromatic heterocycles. The molecule has 0 saturated heterocycles. The lowest BCUT2D eigenvalue weighted by molar-refractivity contribution is 0.0510. The normalized spacial score (nSPS) is 10.2. The molecule has 1 amide bonds. The Labute approximate surface area is 103 Å². The van der Waals surface area contributed by atoms with E-state index in [1.165, 1.54) is 7.11 Å². The highest BCUT2D eigenvalue weighted by Crippen LogP contribution is 2.23. The first kappa shape index (κ1) is 11.7. The number of carbonyl (C=O) groups excluding carboxylic acids is 1. The van der Waals surface area contributed by atoms with Crippen molar-refractivity contribution < 1.29 is 14.0 Å². The third kappa shape index (κ3) is 2.67. The minimum atomic E-state index is -0.423. The molecule has 0 aliphatic carbocycles.